The Morgan fingerprint density at radius 3 is 2.53 bits per heavy atom. The van der Waals surface area contributed by atoms with Gasteiger partial charge in [0, 0.05) is 5.56 Å². The van der Waals surface area contributed by atoms with E-state index in [1.807, 2.05) is 0 Å². The maximum atomic E-state index is 12.7. The van der Waals surface area contributed by atoms with Gasteiger partial charge in [0.25, 0.3) is 6.43 Å². The molecule has 0 saturated carbocycles. The third kappa shape index (κ3) is 2.45. The Kier molecular flexibility index (Phi) is 3.63. The van der Waals surface area contributed by atoms with Crippen LogP contribution in [0.4, 0.5) is 8.78 Å². The van der Waals surface area contributed by atoms with E-state index in [0.29, 0.717) is 17.9 Å². The van der Waals surface area contributed by atoms with E-state index in [2.05, 4.69) is 0 Å². The van der Waals surface area contributed by atoms with Crippen molar-refractivity contribution in [1.29, 1.82) is 0 Å². The van der Waals surface area contributed by atoms with Gasteiger partial charge in [0.1, 0.15) is 11.3 Å². The number of rotatable bonds is 4. The largest absolute Gasteiger partial charge is 0.494 e. The molecule has 0 aliphatic rings. The molecule has 0 aliphatic carbocycles. The van der Waals surface area contributed by atoms with Crippen LogP contribution in [0.1, 0.15) is 19.4 Å². The highest BCUT2D eigenvalue weighted by molar-refractivity contribution is 5.39. The Morgan fingerprint density at radius 2 is 2.00 bits per heavy atom. The van der Waals surface area contributed by atoms with Gasteiger partial charge in [-0.15, -0.1) is 0 Å². The molecule has 0 spiro atoms. The van der Waals surface area contributed by atoms with E-state index in [1.165, 1.54) is 6.92 Å². The lowest BCUT2D eigenvalue weighted by atomic mass is 9.93. The van der Waals surface area contributed by atoms with E-state index in [-0.39, 0.29) is 0 Å². The lowest BCUT2D eigenvalue weighted by Crippen LogP contribution is -2.40. The highest BCUT2D eigenvalue weighted by Crippen LogP contribution is 2.32. The monoisotopic (exact) mass is 215 g/mol. The second-order valence-corrected chi connectivity index (χ2v) is 3.51. The van der Waals surface area contributed by atoms with Crippen molar-refractivity contribution in [3.63, 3.8) is 0 Å². The van der Waals surface area contributed by atoms with Crippen LogP contribution in [0.3, 0.4) is 0 Å². The highest BCUT2D eigenvalue weighted by atomic mass is 19.3. The highest BCUT2D eigenvalue weighted by Gasteiger charge is 2.34. The summed E-state index contributed by atoms with van der Waals surface area (Å²) in [5.74, 6) is 0.422. The summed E-state index contributed by atoms with van der Waals surface area (Å²) in [7, 11) is 0. The Bertz CT molecular complexity index is 326. The fourth-order valence-corrected chi connectivity index (χ4v) is 1.31. The van der Waals surface area contributed by atoms with Crippen LogP contribution in [-0.4, -0.2) is 13.0 Å². The number of ether oxygens (including phenoxy) is 1. The molecule has 0 heterocycles. The van der Waals surface area contributed by atoms with Gasteiger partial charge in [-0.1, -0.05) is 18.2 Å². The van der Waals surface area contributed by atoms with Crippen LogP contribution in [0.15, 0.2) is 24.3 Å². The van der Waals surface area contributed by atoms with Gasteiger partial charge < -0.3 is 10.5 Å². The van der Waals surface area contributed by atoms with E-state index in [1.54, 1.807) is 31.2 Å². The summed E-state index contributed by atoms with van der Waals surface area (Å²) in [5, 5.41) is 0. The summed E-state index contributed by atoms with van der Waals surface area (Å²) in [6, 6.07) is 6.62. The van der Waals surface area contributed by atoms with Gasteiger partial charge in [0.2, 0.25) is 0 Å². The summed E-state index contributed by atoms with van der Waals surface area (Å²) >= 11 is 0. The van der Waals surface area contributed by atoms with Crippen molar-refractivity contribution in [1.82, 2.24) is 0 Å². The molecule has 1 atom stereocenters. The third-order valence-corrected chi connectivity index (χ3v) is 2.22. The number of hydrogen-bond acceptors (Lipinski definition) is 2. The van der Waals surface area contributed by atoms with Gasteiger partial charge >= 0.3 is 0 Å². The molecule has 2 N–H and O–H groups in total. The van der Waals surface area contributed by atoms with Crippen LogP contribution in [0, 0.1) is 0 Å². The topological polar surface area (TPSA) is 35.2 Å². The minimum absolute atomic E-state index is 0.335. The minimum Gasteiger partial charge on any atom is -0.494 e. The van der Waals surface area contributed by atoms with Crippen molar-refractivity contribution in [3.8, 4) is 5.75 Å². The number of benzene rings is 1. The summed E-state index contributed by atoms with van der Waals surface area (Å²) in [5.41, 5.74) is 4.24. The van der Waals surface area contributed by atoms with Crippen LogP contribution in [0.5, 0.6) is 5.75 Å². The normalized spacial score (nSPS) is 15.1. The quantitative estimate of drug-likeness (QED) is 0.837. The zero-order valence-corrected chi connectivity index (χ0v) is 8.84. The van der Waals surface area contributed by atoms with Crippen LogP contribution in [0.25, 0.3) is 0 Å². The predicted molar refractivity (Wildman–Crippen MR) is 55.2 cm³/mol. The van der Waals surface area contributed by atoms with E-state index >= 15 is 0 Å². The van der Waals surface area contributed by atoms with E-state index < -0.39 is 12.0 Å². The summed E-state index contributed by atoms with van der Waals surface area (Å²) in [6.07, 6.45) is -2.63. The maximum absolute atomic E-state index is 12.7. The number of hydrogen-bond donors (Lipinski definition) is 1. The summed E-state index contributed by atoms with van der Waals surface area (Å²) < 4.78 is 30.7. The molecule has 0 radical (unpaired) electrons. The smallest absolute Gasteiger partial charge is 0.260 e. The first-order chi connectivity index (χ1) is 7.00. The Morgan fingerprint density at radius 1 is 1.40 bits per heavy atom. The van der Waals surface area contributed by atoms with Crippen molar-refractivity contribution in [2.75, 3.05) is 6.61 Å². The standard InChI is InChI=1S/C11H15F2NO/c1-3-15-9-7-5-4-6-8(9)11(2,14)10(12)13/h4-7,10H,3,14H2,1-2H3. The zero-order chi connectivity index (χ0) is 11.5. The first kappa shape index (κ1) is 11.9. The molecule has 2 nitrogen and oxygen atoms in total. The van der Waals surface area contributed by atoms with Crippen molar-refractivity contribution < 1.29 is 13.5 Å². The molecule has 0 saturated heterocycles. The van der Waals surface area contributed by atoms with Crippen LogP contribution in [0.2, 0.25) is 0 Å². The number of nitrogens with two attached hydrogens (primary N) is 1. The van der Waals surface area contributed by atoms with E-state index in [4.69, 9.17) is 10.5 Å². The van der Waals surface area contributed by atoms with Crippen molar-refractivity contribution in [2.45, 2.75) is 25.8 Å². The molecule has 1 aromatic carbocycles. The molecule has 84 valence electrons. The molecule has 0 bridgehead atoms. The third-order valence-electron chi connectivity index (χ3n) is 2.22. The second-order valence-electron chi connectivity index (χ2n) is 3.51. The molecule has 1 unspecified atom stereocenters. The fourth-order valence-electron chi connectivity index (χ4n) is 1.31. The summed E-state index contributed by atoms with van der Waals surface area (Å²) in [6.45, 7) is 3.53. The molecule has 0 amide bonds. The zero-order valence-electron chi connectivity index (χ0n) is 8.84. The predicted octanol–water partition coefficient (Wildman–Crippen LogP) is 2.52. The number of para-hydroxylation sites is 1. The second kappa shape index (κ2) is 4.57. The Balaban J connectivity index is 3.12. The van der Waals surface area contributed by atoms with Crippen molar-refractivity contribution in [2.24, 2.45) is 5.73 Å². The molecular weight excluding hydrogens is 200 g/mol. The van der Waals surface area contributed by atoms with Gasteiger partial charge in [0.15, 0.2) is 0 Å². The van der Waals surface area contributed by atoms with Crippen LogP contribution in [-0.2, 0) is 5.54 Å². The molecule has 4 heteroatoms. The fraction of sp³-hybridized carbons (Fsp3) is 0.455. The van der Waals surface area contributed by atoms with Gasteiger partial charge in [-0.05, 0) is 19.9 Å². The number of alkyl halides is 2. The van der Waals surface area contributed by atoms with Gasteiger partial charge in [-0.3, -0.25) is 0 Å². The Labute approximate surface area is 88.0 Å². The lowest BCUT2D eigenvalue weighted by Gasteiger charge is -2.26. The first-order valence-corrected chi connectivity index (χ1v) is 4.79. The average molecular weight is 215 g/mol. The van der Waals surface area contributed by atoms with Gasteiger partial charge in [-0.25, -0.2) is 8.78 Å². The molecule has 0 aliphatic heterocycles. The van der Waals surface area contributed by atoms with Gasteiger partial charge in [0.05, 0.1) is 6.61 Å². The van der Waals surface area contributed by atoms with Crippen LogP contribution < -0.4 is 10.5 Å². The molecule has 15 heavy (non-hydrogen) atoms. The lowest BCUT2D eigenvalue weighted by molar-refractivity contribution is 0.0607. The van der Waals surface area contributed by atoms with E-state index in [9.17, 15) is 8.78 Å². The van der Waals surface area contributed by atoms with Crippen molar-refractivity contribution >= 4 is 0 Å². The van der Waals surface area contributed by atoms with Gasteiger partial charge in [-0.2, -0.15) is 0 Å². The maximum Gasteiger partial charge on any atom is 0.260 e. The van der Waals surface area contributed by atoms with Crippen LogP contribution >= 0.6 is 0 Å². The van der Waals surface area contributed by atoms with Crippen molar-refractivity contribution in [3.05, 3.63) is 29.8 Å². The molecule has 1 aromatic rings. The summed E-state index contributed by atoms with van der Waals surface area (Å²) in [4.78, 5) is 0. The average Bonchev–Trinajstić information content (AvgIpc) is 2.18. The SMILES string of the molecule is CCOc1ccccc1C(C)(N)C(F)F. The Hall–Kier alpha value is -1.16. The number of halogens is 2. The first-order valence-electron chi connectivity index (χ1n) is 4.79. The molecule has 0 aromatic heterocycles. The minimum atomic E-state index is -2.63. The van der Waals surface area contributed by atoms with E-state index in [0.717, 1.165) is 0 Å². The molecular formula is C11H15F2NO. The molecule has 1 rings (SSSR count). The molecule has 0 fully saturated rings.